The lowest BCUT2D eigenvalue weighted by atomic mass is 10.0. The molecule has 1 unspecified atom stereocenters. The minimum Gasteiger partial charge on any atom is -0.354 e. The second kappa shape index (κ2) is 13.6. The Labute approximate surface area is 234 Å². The summed E-state index contributed by atoms with van der Waals surface area (Å²) >= 11 is 3.41. The van der Waals surface area contributed by atoms with E-state index in [4.69, 9.17) is 0 Å². The number of benzene rings is 3. The summed E-state index contributed by atoms with van der Waals surface area (Å²) in [6, 6.07) is 23.2. The van der Waals surface area contributed by atoms with Gasteiger partial charge in [-0.05, 0) is 52.5 Å². The first-order valence-corrected chi connectivity index (χ1v) is 15.1. The van der Waals surface area contributed by atoms with Crippen molar-refractivity contribution in [2.75, 3.05) is 23.7 Å². The number of sulfonamides is 1. The zero-order chi connectivity index (χ0) is 27.7. The summed E-state index contributed by atoms with van der Waals surface area (Å²) in [4.78, 5) is 28.9. The van der Waals surface area contributed by atoms with Crippen LogP contribution in [0.15, 0.2) is 83.3 Å². The fourth-order valence-electron chi connectivity index (χ4n) is 4.06. The lowest BCUT2D eigenvalue weighted by molar-refractivity contribution is -0.140. The third kappa shape index (κ3) is 8.16. The average Bonchev–Trinajstić information content (AvgIpc) is 2.89. The first-order valence-electron chi connectivity index (χ1n) is 12.5. The highest BCUT2D eigenvalue weighted by molar-refractivity contribution is 9.10. The van der Waals surface area contributed by atoms with Crippen LogP contribution in [0.5, 0.6) is 0 Å². The topological polar surface area (TPSA) is 86.8 Å². The van der Waals surface area contributed by atoms with Crippen LogP contribution in [0.1, 0.15) is 30.0 Å². The number of hydrogen-bond donors (Lipinski definition) is 1. The number of carbonyl (C=O) groups excluding carboxylic acids is 2. The van der Waals surface area contributed by atoms with E-state index < -0.39 is 28.5 Å². The van der Waals surface area contributed by atoms with Gasteiger partial charge in [-0.1, -0.05) is 79.2 Å². The number of carbonyl (C=O) groups is 2. The van der Waals surface area contributed by atoms with E-state index in [-0.39, 0.29) is 12.5 Å². The normalized spacial score (nSPS) is 12.0. The van der Waals surface area contributed by atoms with Crippen LogP contribution in [0.4, 0.5) is 5.69 Å². The average molecular weight is 601 g/mol. The Bertz CT molecular complexity index is 1330. The molecule has 1 atom stereocenters. The Balaban J connectivity index is 2.04. The van der Waals surface area contributed by atoms with Gasteiger partial charge in [-0.25, -0.2) is 8.42 Å². The lowest BCUT2D eigenvalue weighted by Crippen LogP contribution is -2.53. The van der Waals surface area contributed by atoms with E-state index in [1.807, 2.05) is 68.4 Å². The van der Waals surface area contributed by atoms with Crippen LogP contribution in [0.3, 0.4) is 0 Å². The number of nitrogens with zero attached hydrogens (tertiary/aromatic N) is 2. The quantitative estimate of drug-likeness (QED) is 0.327. The maximum atomic E-state index is 14.0. The van der Waals surface area contributed by atoms with Gasteiger partial charge < -0.3 is 10.2 Å². The highest BCUT2D eigenvalue weighted by atomic mass is 79.9. The van der Waals surface area contributed by atoms with E-state index in [9.17, 15) is 18.0 Å². The molecule has 9 heteroatoms. The first kappa shape index (κ1) is 29.4. The number of anilines is 1. The van der Waals surface area contributed by atoms with Gasteiger partial charge in [-0.15, -0.1) is 0 Å². The van der Waals surface area contributed by atoms with E-state index in [1.54, 1.807) is 24.3 Å². The second-order valence-electron chi connectivity index (χ2n) is 9.22. The lowest BCUT2D eigenvalue weighted by Gasteiger charge is -2.33. The zero-order valence-corrected chi connectivity index (χ0v) is 24.3. The Hall–Kier alpha value is -3.17. The smallest absolute Gasteiger partial charge is 0.244 e. The summed E-state index contributed by atoms with van der Waals surface area (Å²) in [6.45, 7) is 4.13. The van der Waals surface area contributed by atoms with Gasteiger partial charge in [0.15, 0.2) is 0 Å². The molecule has 2 amide bonds. The molecular weight excluding hydrogens is 566 g/mol. The fourth-order valence-corrected chi connectivity index (χ4v) is 5.54. The Morgan fingerprint density at radius 1 is 0.921 bits per heavy atom. The molecular formula is C29H34BrN3O4S. The standard InChI is InChI=1S/C29H34BrN3O4S/c1-4-18-31-29(35)27(19-23-10-6-5-7-11-23)32(20-24-16-14-22(2)15-17-24)28(34)21-33(38(3,36)37)26-13-9-8-12-25(26)30/h5-17,27H,4,18-21H2,1-3H3,(H,31,35). The zero-order valence-electron chi connectivity index (χ0n) is 21.9. The monoisotopic (exact) mass is 599 g/mol. The molecule has 7 nitrogen and oxygen atoms in total. The molecule has 0 bridgehead atoms. The van der Waals surface area contributed by atoms with Crippen LogP contribution in [0.2, 0.25) is 0 Å². The molecule has 0 aliphatic rings. The van der Waals surface area contributed by atoms with Crippen molar-refractivity contribution < 1.29 is 18.0 Å². The SMILES string of the molecule is CCCNC(=O)C(Cc1ccccc1)N(Cc1ccc(C)cc1)C(=O)CN(c1ccccc1Br)S(C)(=O)=O. The molecule has 0 fully saturated rings. The molecule has 38 heavy (non-hydrogen) atoms. The number of amides is 2. The van der Waals surface area contributed by atoms with Gasteiger partial charge in [0.25, 0.3) is 0 Å². The van der Waals surface area contributed by atoms with E-state index in [0.29, 0.717) is 23.1 Å². The summed E-state index contributed by atoms with van der Waals surface area (Å²) < 4.78 is 27.3. The first-order chi connectivity index (χ1) is 18.1. The highest BCUT2D eigenvalue weighted by Crippen LogP contribution is 2.28. The van der Waals surface area contributed by atoms with Crippen LogP contribution in [0, 0.1) is 6.92 Å². The number of halogens is 1. The minimum absolute atomic E-state index is 0.156. The summed E-state index contributed by atoms with van der Waals surface area (Å²) in [5.41, 5.74) is 3.17. The molecule has 0 radical (unpaired) electrons. The van der Waals surface area contributed by atoms with Crippen molar-refractivity contribution >= 4 is 43.5 Å². The number of rotatable bonds is 12. The molecule has 0 aromatic heterocycles. The molecule has 3 aromatic rings. The van der Waals surface area contributed by atoms with Gasteiger partial charge >= 0.3 is 0 Å². The second-order valence-corrected chi connectivity index (χ2v) is 12.0. The molecule has 3 rings (SSSR count). The summed E-state index contributed by atoms with van der Waals surface area (Å²) in [5.74, 6) is -0.748. The van der Waals surface area contributed by atoms with Crippen LogP contribution < -0.4 is 9.62 Å². The van der Waals surface area contributed by atoms with Crippen molar-refractivity contribution in [3.05, 3.63) is 100 Å². The molecule has 0 saturated carbocycles. The number of nitrogens with one attached hydrogen (secondary N) is 1. The molecule has 1 N–H and O–H groups in total. The van der Waals surface area contributed by atoms with Crippen molar-refractivity contribution in [3.63, 3.8) is 0 Å². The largest absolute Gasteiger partial charge is 0.354 e. The van der Waals surface area contributed by atoms with E-state index in [2.05, 4.69) is 21.2 Å². The van der Waals surface area contributed by atoms with Crippen LogP contribution >= 0.6 is 15.9 Å². The van der Waals surface area contributed by atoms with E-state index in [1.165, 1.54) is 4.90 Å². The molecule has 202 valence electrons. The van der Waals surface area contributed by atoms with Crippen molar-refractivity contribution in [2.24, 2.45) is 0 Å². The van der Waals surface area contributed by atoms with Crippen molar-refractivity contribution in [1.29, 1.82) is 0 Å². The highest BCUT2D eigenvalue weighted by Gasteiger charge is 2.33. The van der Waals surface area contributed by atoms with Gasteiger partial charge in [0.2, 0.25) is 21.8 Å². The van der Waals surface area contributed by atoms with Gasteiger partial charge in [0.1, 0.15) is 12.6 Å². The predicted octanol–water partition coefficient (Wildman–Crippen LogP) is 4.69. The fraction of sp³-hybridized carbons (Fsp3) is 0.310. The van der Waals surface area contributed by atoms with Gasteiger partial charge in [-0.2, -0.15) is 0 Å². The molecule has 0 aliphatic carbocycles. The van der Waals surface area contributed by atoms with Crippen LogP contribution in [-0.2, 0) is 32.6 Å². The van der Waals surface area contributed by atoms with Gasteiger partial charge in [-0.3, -0.25) is 13.9 Å². The third-order valence-electron chi connectivity index (χ3n) is 6.09. The Morgan fingerprint density at radius 2 is 1.55 bits per heavy atom. The maximum Gasteiger partial charge on any atom is 0.244 e. The van der Waals surface area contributed by atoms with Crippen molar-refractivity contribution in [3.8, 4) is 0 Å². The predicted molar refractivity (Wildman–Crippen MR) is 155 cm³/mol. The maximum absolute atomic E-state index is 14.0. The van der Waals surface area contributed by atoms with Gasteiger partial charge in [0.05, 0.1) is 11.9 Å². The summed E-state index contributed by atoms with van der Waals surface area (Å²) in [5, 5.41) is 2.94. The Morgan fingerprint density at radius 3 is 2.16 bits per heavy atom. The molecule has 0 heterocycles. The van der Waals surface area contributed by atoms with Crippen LogP contribution in [-0.4, -0.2) is 50.5 Å². The number of hydrogen-bond acceptors (Lipinski definition) is 4. The summed E-state index contributed by atoms with van der Waals surface area (Å²) in [6.07, 6.45) is 2.11. The third-order valence-corrected chi connectivity index (χ3v) is 7.89. The molecule has 0 spiro atoms. The van der Waals surface area contributed by atoms with Crippen LogP contribution in [0.25, 0.3) is 0 Å². The molecule has 0 saturated heterocycles. The molecule has 3 aromatic carbocycles. The summed E-state index contributed by atoms with van der Waals surface area (Å²) in [7, 11) is -3.81. The number of para-hydroxylation sites is 1. The van der Waals surface area contributed by atoms with Crippen molar-refractivity contribution in [2.45, 2.75) is 39.3 Å². The van der Waals surface area contributed by atoms with Crippen molar-refractivity contribution in [1.82, 2.24) is 10.2 Å². The Kier molecular flexibility index (Phi) is 10.5. The number of aryl methyl sites for hydroxylation is 1. The minimum atomic E-state index is -3.81. The molecule has 0 aliphatic heterocycles. The van der Waals surface area contributed by atoms with Gasteiger partial charge in [0, 0.05) is 24.0 Å². The van der Waals surface area contributed by atoms with E-state index in [0.717, 1.165) is 33.7 Å². The van der Waals surface area contributed by atoms with E-state index >= 15 is 0 Å².